The number of hydrogen-bond acceptors (Lipinski definition) is 2. The number of imidazole rings is 1. The molecule has 2 N–H and O–H groups in total. The molecule has 0 aliphatic heterocycles. The Morgan fingerprint density at radius 1 is 1.22 bits per heavy atom. The number of fused-ring (bicyclic) bond motifs is 2. The second kappa shape index (κ2) is 5.55. The van der Waals surface area contributed by atoms with Crippen LogP contribution in [-0.4, -0.2) is 20.4 Å². The van der Waals surface area contributed by atoms with Crippen LogP contribution in [0.4, 0.5) is 5.95 Å². The van der Waals surface area contributed by atoms with Crippen LogP contribution in [0.15, 0.2) is 59.2 Å². The summed E-state index contributed by atoms with van der Waals surface area (Å²) in [6, 6.07) is 15.7. The van der Waals surface area contributed by atoms with E-state index in [4.69, 9.17) is 0 Å². The van der Waals surface area contributed by atoms with E-state index >= 15 is 0 Å². The predicted octanol–water partition coefficient (Wildman–Crippen LogP) is 3.92. The average molecular weight is 369 g/mol. The Labute approximate surface area is 140 Å². The van der Waals surface area contributed by atoms with Crippen LogP contribution in [0.3, 0.4) is 0 Å². The van der Waals surface area contributed by atoms with Crippen molar-refractivity contribution in [1.29, 1.82) is 0 Å². The van der Waals surface area contributed by atoms with Gasteiger partial charge in [-0.15, -0.1) is 0 Å². The molecule has 0 aliphatic carbocycles. The molecule has 2 aromatic carbocycles. The number of carbonyl (C=O) groups excluding carboxylic acids is 1. The Bertz CT molecular complexity index is 985. The molecule has 6 heteroatoms. The van der Waals surface area contributed by atoms with Crippen LogP contribution in [0.25, 0.3) is 21.9 Å². The van der Waals surface area contributed by atoms with Crippen molar-refractivity contribution in [3.05, 3.63) is 59.2 Å². The highest BCUT2D eigenvalue weighted by molar-refractivity contribution is 9.10. The molecule has 1 amide bonds. The van der Waals surface area contributed by atoms with E-state index in [2.05, 4.69) is 31.2 Å². The summed E-state index contributed by atoms with van der Waals surface area (Å²) in [5.41, 5.74) is 2.75. The molecule has 4 rings (SSSR count). The molecule has 0 unspecified atom stereocenters. The highest BCUT2D eigenvalue weighted by Gasteiger charge is 2.09. The number of hydrogen-bond donors (Lipinski definition) is 2. The average Bonchev–Trinajstić information content (AvgIpc) is 3.10. The van der Waals surface area contributed by atoms with Gasteiger partial charge in [-0.1, -0.05) is 34.1 Å². The third-order valence-corrected chi connectivity index (χ3v) is 4.19. The number of rotatable bonds is 3. The largest absolute Gasteiger partial charge is 0.338 e. The Balaban J connectivity index is 1.56. The van der Waals surface area contributed by atoms with Crippen LogP contribution in [0.5, 0.6) is 0 Å². The summed E-state index contributed by atoms with van der Waals surface area (Å²) in [5.74, 6) is 0.343. The second-order valence-corrected chi connectivity index (χ2v) is 6.21. The molecule has 0 fully saturated rings. The van der Waals surface area contributed by atoms with Crippen molar-refractivity contribution in [2.75, 3.05) is 5.32 Å². The van der Waals surface area contributed by atoms with E-state index in [1.165, 1.54) is 0 Å². The van der Waals surface area contributed by atoms with E-state index in [0.717, 1.165) is 26.4 Å². The SMILES string of the molecule is O=C(Cn1ccc2ccc(Br)cc21)Nc1nc2ccccc2[nH]1. The van der Waals surface area contributed by atoms with Crippen molar-refractivity contribution in [1.82, 2.24) is 14.5 Å². The number of benzene rings is 2. The minimum Gasteiger partial charge on any atom is -0.338 e. The Morgan fingerprint density at radius 3 is 2.96 bits per heavy atom. The van der Waals surface area contributed by atoms with E-state index in [-0.39, 0.29) is 12.5 Å². The van der Waals surface area contributed by atoms with E-state index in [1.54, 1.807) is 0 Å². The number of anilines is 1. The zero-order valence-electron chi connectivity index (χ0n) is 12.1. The van der Waals surface area contributed by atoms with Crippen LogP contribution < -0.4 is 5.32 Å². The zero-order valence-corrected chi connectivity index (χ0v) is 13.7. The lowest BCUT2D eigenvalue weighted by molar-refractivity contribution is -0.116. The van der Waals surface area contributed by atoms with E-state index in [9.17, 15) is 4.79 Å². The number of carbonyl (C=O) groups is 1. The topological polar surface area (TPSA) is 62.7 Å². The molecule has 0 bridgehead atoms. The van der Waals surface area contributed by atoms with Crippen molar-refractivity contribution in [3.63, 3.8) is 0 Å². The number of amides is 1. The number of aromatic nitrogens is 3. The molecule has 2 aromatic heterocycles. The summed E-state index contributed by atoms with van der Waals surface area (Å²) in [4.78, 5) is 19.7. The third kappa shape index (κ3) is 2.73. The lowest BCUT2D eigenvalue weighted by Crippen LogP contribution is -2.18. The highest BCUT2D eigenvalue weighted by atomic mass is 79.9. The molecule has 0 saturated heterocycles. The minimum atomic E-state index is -0.124. The Hall–Kier alpha value is -2.60. The van der Waals surface area contributed by atoms with Crippen LogP contribution >= 0.6 is 15.9 Å². The fraction of sp³-hybridized carbons (Fsp3) is 0.0588. The molecule has 0 spiro atoms. The number of nitrogens with zero attached hydrogens (tertiary/aromatic N) is 2. The highest BCUT2D eigenvalue weighted by Crippen LogP contribution is 2.21. The van der Waals surface area contributed by atoms with Crippen LogP contribution in [0.2, 0.25) is 0 Å². The van der Waals surface area contributed by atoms with Gasteiger partial charge in [-0.3, -0.25) is 10.1 Å². The van der Waals surface area contributed by atoms with Crippen LogP contribution in [0.1, 0.15) is 0 Å². The van der Waals surface area contributed by atoms with Crippen molar-refractivity contribution in [2.45, 2.75) is 6.54 Å². The van der Waals surface area contributed by atoms with Gasteiger partial charge in [-0.25, -0.2) is 4.98 Å². The molecule has 0 saturated carbocycles. The summed E-state index contributed by atoms with van der Waals surface area (Å²) in [5, 5.41) is 3.91. The molecular formula is C17H13BrN4O. The zero-order chi connectivity index (χ0) is 15.8. The predicted molar refractivity (Wildman–Crippen MR) is 94.4 cm³/mol. The lowest BCUT2D eigenvalue weighted by Gasteiger charge is -2.05. The molecule has 0 aliphatic rings. The third-order valence-electron chi connectivity index (χ3n) is 3.70. The molecule has 2 heterocycles. The maximum atomic E-state index is 12.3. The first-order valence-corrected chi connectivity index (χ1v) is 7.97. The smallest absolute Gasteiger partial charge is 0.246 e. The fourth-order valence-electron chi connectivity index (χ4n) is 2.63. The number of halogens is 1. The number of H-pyrrole nitrogens is 1. The quantitative estimate of drug-likeness (QED) is 0.575. The van der Waals surface area contributed by atoms with E-state index in [1.807, 2.05) is 59.3 Å². The van der Waals surface area contributed by atoms with Crippen LogP contribution in [0, 0.1) is 0 Å². The van der Waals surface area contributed by atoms with Crippen LogP contribution in [-0.2, 0) is 11.3 Å². The maximum absolute atomic E-state index is 12.3. The second-order valence-electron chi connectivity index (χ2n) is 5.30. The van der Waals surface area contributed by atoms with Gasteiger partial charge in [-0.05, 0) is 35.7 Å². The van der Waals surface area contributed by atoms with Crippen molar-refractivity contribution in [2.24, 2.45) is 0 Å². The molecule has 0 radical (unpaired) electrons. The van der Waals surface area contributed by atoms with Gasteiger partial charge in [0.05, 0.1) is 11.0 Å². The number of nitrogens with one attached hydrogen (secondary N) is 2. The summed E-state index contributed by atoms with van der Waals surface area (Å²) >= 11 is 3.46. The summed E-state index contributed by atoms with van der Waals surface area (Å²) in [6.07, 6.45) is 1.91. The summed E-state index contributed by atoms with van der Waals surface area (Å²) in [6.45, 7) is 0.233. The number of para-hydroxylation sites is 2. The lowest BCUT2D eigenvalue weighted by atomic mass is 10.2. The van der Waals surface area contributed by atoms with E-state index in [0.29, 0.717) is 5.95 Å². The van der Waals surface area contributed by atoms with Gasteiger partial charge in [0.25, 0.3) is 0 Å². The van der Waals surface area contributed by atoms with E-state index < -0.39 is 0 Å². The summed E-state index contributed by atoms with van der Waals surface area (Å²) < 4.78 is 2.90. The molecular weight excluding hydrogens is 356 g/mol. The van der Waals surface area contributed by atoms with Gasteiger partial charge >= 0.3 is 0 Å². The molecule has 23 heavy (non-hydrogen) atoms. The van der Waals surface area contributed by atoms with Gasteiger partial charge in [0.1, 0.15) is 6.54 Å². The first-order valence-electron chi connectivity index (χ1n) is 7.18. The minimum absolute atomic E-state index is 0.124. The summed E-state index contributed by atoms with van der Waals surface area (Å²) in [7, 11) is 0. The molecule has 4 aromatic rings. The van der Waals surface area contributed by atoms with Crippen molar-refractivity contribution in [3.8, 4) is 0 Å². The van der Waals surface area contributed by atoms with Gasteiger partial charge in [0.2, 0.25) is 11.9 Å². The Kier molecular flexibility index (Phi) is 3.38. The normalized spacial score (nSPS) is 11.2. The van der Waals surface area contributed by atoms with Crippen molar-refractivity contribution < 1.29 is 4.79 Å². The standard InChI is InChI=1S/C17H13BrN4O/c18-12-6-5-11-7-8-22(15(11)9-12)10-16(23)21-17-19-13-3-1-2-4-14(13)20-17/h1-9H,10H2,(H2,19,20,21,23). The van der Waals surface area contributed by atoms with Crippen molar-refractivity contribution >= 4 is 49.7 Å². The molecule has 5 nitrogen and oxygen atoms in total. The monoisotopic (exact) mass is 368 g/mol. The van der Waals surface area contributed by atoms with Gasteiger partial charge < -0.3 is 9.55 Å². The van der Waals surface area contributed by atoms with Gasteiger partial charge in [0.15, 0.2) is 0 Å². The molecule has 114 valence electrons. The fourth-order valence-corrected chi connectivity index (χ4v) is 2.98. The first-order chi connectivity index (χ1) is 11.2. The Morgan fingerprint density at radius 2 is 2.09 bits per heavy atom. The first kappa shape index (κ1) is 14.0. The maximum Gasteiger partial charge on any atom is 0.246 e. The van der Waals surface area contributed by atoms with Gasteiger partial charge in [-0.2, -0.15) is 0 Å². The van der Waals surface area contributed by atoms with Gasteiger partial charge in [0, 0.05) is 16.2 Å². The number of aromatic amines is 1. The molecule has 0 atom stereocenters.